The predicted molar refractivity (Wildman–Crippen MR) is 94.6 cm³/mol. The minimum absolute atomic E-state index is 0.228. The molecular weight excluding hydrogens is 288 g/mol. The monoisotopic (exact) mass is 324 g/mol. The minimum Gasteiger partial charge on any atom is -0.444 e. The fourth-order valence-corrected chi connectivity index (χ4v) is 3.93. The second-order valence-electron chi connectivity index (χ2n) is 8.44. The Hall–Kier alpha value is -0.770. The standard InChI is InChI=1S/C19H36N2O2/c1-19(2,3)23-18(22)20-17(14-16-10-6-4-7-11-16)15-21-12-8-5-9-13-21/h16-17H,4-15H2,1-3H3,(H,20,22)/t17-/m0/s1. The Morgan fingerprint density at radius 2 is 1.70 bits per heavy atom. The molecule has 1 N–H and O–H groups in total. The van der Waals surface area contributed by atoms with E-state index in [0.717, 1.165) is 18.9 Å². The van der Waals surface area contributed by atoms with Crippen LogP contribution in [-0.2, 0) is 4.74 Å². The fourth-order valence-electron chi connectivity index (χ4n) is 3.93. The highest BCUT2D eigenvalue weighted by Gasteiger charge is 2.25. The van der Waals surface area contributed by atoms with Crippen LogP contribution >= 0.6 is 0 Å². The van der Waals surface area contributed by atoms with Crippen molar-refractivity contribution in [2.24, 2.45) is 5.92 Å². The summed E-state index contributed by atoms with van der Waals surface area (Å²) in [5.74, 6) is 0.772. The number of likely N-dealkylation sites (tertiary alicyclic amines) is 1. The van der Waals surface area contributed by atoms with E-state index in [0.29, 0.717) is 0 Å². The first-order valence-corrected chi connectivity index (χ1v) is 9.64. The average molecular weight is 325 g/mol. The van der Waals surface area contributed by atoms with Crippen LogP contribution in [0.2, 0.25) is 0 Å². The number of amides is 1. The van der Waals surface area contributed by atoms with Crippen molar-refractivity contribution in [1.29, 1.82) is 0 Å². The van der Waals surface area contributed by atoms with Crippen LogP contribution in [0.15, 0.2) is 0 Å². The van der Waals surface area contributed by atoms with Crippen molar-refractivity contribution in [3.8, 4) is 0 Å². The van der Waals surface area contributed by atoms with E-state index in [1.807, 2.05) is 20.8 Å². The van der Waals surface area contributed by atoms with Crippen molar-refractivity contribution in [3.63, 3.8) is 0 Å². The van der Waals surface area contributed by atoms with Gasteiger partial charge in [-0.25, -0.2) is 4.79 Å². The number of nitrogens with one attached hydrogen (secondary N) is 1. The molecular formula is C19H36N2O2. The number of piperidine rings is 1. The predicted octanol–water partition coefficient (Wildman–Crippen LogP) is 4.34. The Labute approximate surface area is 142 Å². The molecule has 0 aromatic rings. The highest BCUT2D eigenvalue weighted by atomic mass is 16.6. The molecule has 1 amide bonds. The molecule has 1 aliphatic carbocycles. The van der Waals surface area contributed by atoms with Crippen molar-refractivity contribution >= 4 is 6.09 Å². The Kier molecular flexibility index (Phi) is 7.19. The van der Waals surface area contributed by atoms with E-state index in [4.69, 9.17) is 4.74 Å². The van der Waals surface area contributed by atoms with Crippen molar-refractivity contribution < 1.29 is 9.53 Å². The van der Waals surface area contributed by atoms with Gasteiger partial charge in [-0.05, 0) is 59.0 Å². The van der Waals surface area contributed by atoms with Crippen LogP contribution < -0.4 is 5.32 Å². The third kappa shape index (κ3) is 7.56. The smallest absolute Gasteiger partial charge is 0.407 e. The zero-order valence-corrected chi connectivity index (χ0v) is 15.4. The highest BCUT2D eigenvalue weighted by molar-refractivity contribution is 5.68. The first-order valence-electron chi connectivity index (χ1n) is 9.64. The lowest BCUT2D eigenvalue weighted by molar-refractivity contribution is 0.0476. The zero-order chi connectivity index (χ0) is 16.7. The first-order chi connectivity index (χ1) is 10.9. The van der Waals surface area contributed by atoms with E-state index in [1.54, 1.807) is 0 Å². The van der Waals surface area contributed by atoms with E-state index in [1.165, 1.54) is 64.5 Å². The summed E-state index contributed by atoms with van der Waals surface area (Å²) in [5.41, 5.74) is -0.426. The lowest BCUT2D eigenvalue weighted by Gasteiger charge is -2.33. The molecule has 2 fully saturated rings. The third-order valence-corrected chi connectivity index (χ3v) is 4.99. The van der Waals surface area contributed by atoms with E-state index < -0.39 is 5.60 Å². The highest BCUT2D eigenvalue weighted by Crippen LogP contribution is 2.28. The molecule has 0 aromatic carbocycles. The molecule has 1 atom stereocenters. The Morgan fingerprint density at radius 1 is 1.09 bits per heavy atom. The second-order valence-corrected chi connectivity index (χ2v) is 8.44. The summed E-state index contributed by atoms with van der Waals surface area (Å²) in [6, 6.07) is 0.228. The van der Waals surface area contributed by atoms with E-state index in [2.05, 4.69) is 10.2 Å². The molecule has 0 spiro atoms. The fraction of sp³-hybridized carbons (Fsp3) is 0.947. The lowest BCUT2D eigenvalue weighted by Crippen LogP contribution is -2.47. The molecule has 0 bridgehead atoms. The minimum atomic E-state index is -0.426. The summed E-state index contributed by atoms with van der Waals surface area (Å²) in [5, 5.41) is 3.17. The molecule has 4 nitrogen and oxygen atoms in total. The van der Waals surface area contributed by atoms with Gasteiger partial charge in [0.15, 0.2) is 0 Å². The second kappa shape index (κ2) is 8.91. The van der Waals surface area contributed by atoms with Crippen LogP contribution in [0.4, 0.5) is 4.79 Å². The molecule has 2 aliphatic rings. The van der Waals surface area contributed by atoms with E-state index in [9.17, 15) is 4.79 Å². The summed E-state index contributed by atoms with van der Waals surface area (Å²) < 4.78 is 5.48. The van der Waals surface area contributed by atoms with Gasteiger partial charge in [0.2, 0.25) is 0 Å². The molecule has 1 aliphatic heterocycles. The quantitative estimate of drug-likeness (QED) is 0.818. The molecule has 23 heavy (non-hydrogen) atoms. The van der Waals surface area contributed by atoms with E-state index >= 15 is 0 Å². The number of rotatable bonds is 5. The number of carbonyl (C=O) groups is 1. The number of nitrogens with zero attached hydrogens (tertiary/aromatic N) is 1. The topological polar surface area (TPSA) is 41.6 Å². The van der Waals surface area contributed by atoms with Gasteiger partial charge in [-0.1, -0.05) is 38.5 Å². The third-order valence-electron chi connectivity index (χ3n) is 4.99. The normalized spacial score (nSPS) is 22.6. The Morgan fingerprint density at radius 3 is 2.30 bits per heavy atom. The van der Waals surface area contributed by atoms with Crippen LogP contribution in [0, 0.1) is 5.92 Å². The number of alkyl carbamates (subject to hydrolysis) is 1. The van der Waals surface area contributed by atoms with Gasteiger partial charge in [-0.3, -0.25) is 0 Å². The number of carbonyl (C=O) groups excluding carboxylic acids is 1. The van der Waals surface area contributed by atoms with Gasteiger partial charge in [-0.15, -0.1) is 0 Å². The van der Waals surface area contributed by atoms with Gasteiger partial charge < -0.3 is 15.0 Å². The first kappa shape index (κ1) is 18.6. The van der Waals surface area contributed by atoms with Crippen molar-refractivity contribution in [2.75, 3.05) is 19.6 Å². The zero-order valence-electron chi connectivity index (χ0n) is 15.4. The van der Waals surface area contributed by atoms with Crippen LogP contribution in [0.5, 0.6) is 0 Å². The molecule has 0 radical (unpaired) electrons. The maximum atomic E-state index is 12.2. The van der Waals surface area contributed by atoms with Crippen molar-refractivity contribution in [3.05, 3.63) is 0 Å². The largest absolute Gasteiger partial charge is 0.444 e. The SMILES string of the molecule is CC(C)(C)OC(=O)N[C@@H](CC1CCCCC1)CN1CCCCC1. The molecule has 1 saturated carbocycles. The van der Waals surface area contributed by atoms with Crippen molar-refractivity contribution in [1.82, 2.24) is 10.2 Å². The molecule has 134 valence electrons. The number of hydrogen-bond donors (Lipinski definition) is 1. The average Bonchev–Trinajstić information content (AvgIpc) is 2.47. The van der Waals surface area contributed by atoms with Crippen LogP contribution in [0.25, 0.3) is 0 Å². The molecule has 0 aromatic heterocycles. The van der Waals surface area contributed by atoms with Crippen LogP contribution in [-0.4, -0.2) is 42.3 Å². The number of ether oxygens (including phenoxy) is 1. The Bertz CT molecular complexity index is 333. The molecule has 1 heterocycles. The maximum Gasteiger partial charge on any atom is 0.407 e. The molecule has 4 heteroatoms. The number of hydrogen-bond acceptors (Lipinski definition) is 3. The maximum absolute atomic E-state index is 12.2. The van der Waals surface area contributed by atoms with E-state index in [-0.39, 0.29) is 12.1 Å². The summed E-state index contributed by atoms with van der Waals surface area (Å²) in [4.78, 5) is 14.7. The van der Waals surface area contributed by atoms with Gasteiger partial charge in [0.05, 0.1) is 0 Å². The Balaban J connectivity index is 1.87. The summed E-state index contributed by atoms with van der Waals surface area (Å²) in [7, 11) is 0. The van der Waals surface area contributed by atoms with Gasteiger partial charge in [-0.2, -0.15) is 0 Å². The van der Waals surface area contributed by atoms with Crippen molar-refractivity contribution in [2.45, 2.75) is 90.2 Å². The van der Waals surface area contributed by atoms with Gasteiger partial charge >= 0.3 is 6.09 Å². The molecule has 2 rings (SSSR count). The summed E-state index contributed by atoms with van der Waals surface area (Å²) in [6.45, 7) is 9.11. The molecule has 0 unspecified atom stereocenters. The van der Waals surface area contributed by atoms with Gasteiger partial charge in [0.1, 0.15) is 5.60 Å². The van der Waals surface area contributed by atoms with Gasteiger partial charge in [0.25, 0.3) is 0 Å². The summed E-state index contributed by atoms with van der Waals surface area (Å²) >= 11 is 0. The van der Waals surface area contributed by atoms with Crippen LogP contribution in [0.1, 0.15) is 78.6 Å². The molecule has 1 saturated heterocycles. The lowest BCUT2D eigenvalue weighted by atomic mass is 9.84. The van der Waals surface area contributed by atoms with Crippen LogP contribution in [0.3, 0.4) is 0 Å². The van der Waals surface area contributed by atoms with Gasteiger partial charge in [0, 0.05) is 12.6 Å². The summed E-state index contributed by atoms with van der Waals surface area (Å²) in [6.07, 6.45) is 11.5.